The molecule has 1 aromatic carbocycles. The average molecular weight is 280 g/mol. The van der Waals surface area contributed by atoms with Gasteiger partial charge in [0.05, 0.1) is 0 Å². The second kappa shape index (κ2) is 7.13. The Morgan fingerprint density at radius 3 is 2.50 bits per heavy atom. The van der Waals surface area contributed by atoms with Gasteiger partial charge in [0.2, 0.25) is 0 Å². The van der Waals surface area contributed by atoms with Crippen molar-refractivity contribution in [1.82, 2.24) is 5.32 Å². The normalized spacial score (nSPS) is 9.70. The fourth-order valence-electron chi connectivity index (χ4n) is 1.46. The maximum atomic E-state index is 11.3. The highest BCUT2D eigenvalue weighted by Crippen LogP contribution is 2.18. The van der Waals surface area contributed by atoms with E-state index >= 15 is 0 Å². The van der Waals surface area contributed by atoms with Gasteiger partial charge in [0.15, 0.2) is 13.2 Å². The number of rotatable bonds is 5. The van der Waals surface area contributed by atoms with Gasteiger partial charge in [-0.15, -0.1) is 0 Å². The van der Waals surface area contributed by atoms with Gasteiger partial charge in [-0.25, -0.2) is 9.59 Å². The molecule has 7 nitrogen and oxygen atoms in total. The van der Waals surface area contributed by atoms with Crippen LogP contribution < -0.4 is 15.8 Å². The van der Waals surface area contributed by atoms with Crippen molar-refractivity contribution < 1.29 is 23.9 Å². The molecule has 1 rings (SSSR count). The summed E-state index contributed by atoms with van der Waals surface area (Å²) in [4.78, 5) is 32.7. The third-order valence-corrected chi connectivity index (χ3v) is 2.30. The minimum Gasteiger partial charge on any atom is -0.482 e. The maximum Gasteiger partial charge on any atom is 0.344 e. The van der Waals surface area contributed by atoms with E-state index in [1.54, 1.807) is 11.4 Å². The fraction of sp³-hybridized carbons (Fsp3) is 0.308. The van der Waals surface area contributed by atoms with Crippen molar-refractivity contribution in [2.75, 3.05) is 13.2 Å². The SMILES string of the molecule is Cc1ccc(OCC(=O)OCC(=O)NC(N)=O)c(C)c1. The first-order valence-corrected chi connectivity index (χ1v) is 5.83. The summed E-state index contributed by atoms with van der Waals surface area (Å²) >= 11 is 0. The van der Waals surface area contributed by atoms with Crippen LogP contribution in [0.1, 0.15) is 11.1 Å². The van der Waals surface area contributed by atoms with Crippen LogP contribution >= 0.6 is 0 Å². The number of benzene rings is 1. The van der Waals surface area contributed by atoms with E-state index in [2.05, 4.69) is 4.74 Å². The number of carbonyl (C=O) groups is 3. The minimum atomic E-state index is -1.00. The zero-order valence-electron chi connectivity index (χ0n) is 11.3. The Morgan fingerprint density at radius 1 is 1.20 bits per heavy atom. The number of imide groups is 1. The van der Waals surface area contributed by atoms with Crippen molar-refractivity contribution in [1.29, 1.82) is 0 Å². The molecule has 20 heavy (non-hydrogen) atoms. The zero-order chi connectivity index (χ0) is 15.1. The molecule has 0 unspecified atom stereocenters. The lowest BCUT2D eigenvalue weighted by Gasteiger charge is -2.09. The number of aryl methyl sites for hydroxylation is 2. The highest BCUT2D eigenvalue weighted by Gasteiger charge is 2.10. The van der Waals surface area contributed by atoms with Crippen LogP contribution in [-0.4, -0.2) is 31.1 Å². The predicted molar refractivity (Wildman–Crippen MR) is 70.1 cm³/mol. The van der Waals surface area contributed by atoms with Crippen LogP contribution in [0.15, 0.2) is 18.2 Å². The smallest absolute Gasteiger partial charge is 0.344 e. The van der Waals surface area contributed by atoms with Crippen LogP contribution in [0.5, 0.6) is 5.75 Å². The summed E-state index contributed by atoms with van der Waals surface area (Å²) < 4.78 is 9.88. The number of ether oxygens (including phenoxy) is 2. The predicted octanol–water partition coefficient (Wildman–Crippen LogP) is 0.420. The Labute approximate surface area is 116 Å². The lowest BCUT2D eigenvalue weighted by Crippen LogP contribution is -2.38. The molecular formula is C13H16N2O5. The Kier molecular flexibility index (Phi) is 5.52. The minimum absolute atomic E-state index is 0.326. The standard InChI is InChI=1S/C13H16N2O5/c1-8-3-4-10(9(2)5-8)19-7-12(17)20-6-11(16)15-13(14)18/h3-5H,6-7H2,1-2H3,(H3,14,15,16,18). The second-order valence-corrected chi connectivity index (χ2v) is 4.13. The number of amides is 3. The molecule has 0 radical (unpaired) electrons. The molecule has 0 saturated heterocycles. The summed E-state index contributed by atoms with van der Waals surface area (Å²) in [5.41, 5.74) is 6.70. The lowest BCUT2D eigenvalue weighted by molar-refractivity contribution is -0.150. The largest absolute Gasteiger partial charge is 0.482 e. The monoisotopic (exact) mass is 280 g/mol. The molecule has 0 spiro atoms. The lowest BCUT2D eigenvalue weighted by atomic mass is 10.1. The first-order chi connectivity index (χ1) is 9.38. The first kappa shape index (κ1) is 15.5. The van der Waals surface area contributed by atoms with Gasteiger partial charge in [0, 0.05) is 0 Å². The maximum absolute atomic E-state index is 11.3. The third kappa shape index (κ3) is 5.38. The summed E-state index contributed by atoms with van der Waals surface area (Å²) in [6.07, 6.45) is 0. The zero-order valence-corrected chi connectivity index (χ0v) is 11.3. The van der Waals surface area contributed by atoms with E-state index in [0.717, 1.165) is 11.1 Å². The van der Waals surface area contributed by atoms with E-state index in [-0.39, 0.29) is 6.61 Å². The van der Waals surface area contributed by atoms with Crippen molar-refractivity contribution >= 4 is 17.9 Å². The molecule has 0 aliphatic rings. The van der Waals surface area contributed by atoms with E-state index in [0.29, 0.717) is 5.75 Å². The van der Waals surface area contributed by atoms with Crippen LogP contribution in [-0.2, 0) is 14.3 Å². The van der Waals surface area contributed by atoms with Crippen LogP contribution in [0.4, 0.5) is 4.79 Å². The molecule has 3 amide bonds. The number of urea groups is 1. The van der Waals surface area contributed by atoms with Gasteiger partial charge in [-0.05, 0) is 25.5 Å². The van der Waals surface area contributed by atoms with E-state index < -0.39 is 24.5 Å². The topological polar surface area (TPSA) is 108 Å². The molecule has 3 N–H and O–H groups in total. The fourth-order valence-corrected chi connectivity index (χ4v) is 1.46. The number of nitrogens with two attached hydrogens (primary N) is 1. The molecule has 7 heteroatoms. The van der Waals surface area contributed by atoms with E-state index in [1.165, 1.54) is 0 Å². The molecule has 0 aromatic heterocycles. The highest BCUT2D eigenvalue weighted by atomic mass is 16.6. The molecule has 0 atom stereocenters. The molecule has 0 heterocycles. The molecule has 0 saturated carbocycles. The van der Waals surface area contributed by atoms with Crippen LogP contribution in [0, 0.1) is 13.8 Å². The van der Waals surface area contributed by atoms with E-state index in [9.17, 15) is 14.4 Å². The first-order valence-electron chi connectivity index (χ1n) is 5.83. The van der Waals surface area contributed by atoms with Gasteiger partial charge >= 0.3 is 12.0 Å². The molecule has 0 aliphatic carbocycles. The number of carbonyl (C=O) groups excluding carboxylic acids is 3. The van der Waals surface area contributed by atoms with Crippen molar-refractivity contribution in [2.24, 2.45) is 5.73 Å². The summed E-state index contributed by atoms with van der Waals surface area (Å²) in [6, 6.07) is 4.52. The number of primary amides is 1. The van der Waals surface area contributed by atoms with Crippen molar-refractivity contribution in [2.45, 2.75) is 13.8 Å². The molecule has 108 valence electrons. The number of hydrogen-bond donors (Lipinski definition) is 2. The van der Waals surface area contributed by atoms with Gasteiger partial charge in [0.1, 0.15) is 5.75 Å². The summed E-state index contributed by atoms with van der Waals surface area (Å²) in [5.74, 6) is -0.948. The van der Waals surface area contributed by atoms with Crippen molar-refractivity contribution in [3.8, 4) is 5.75 Å². The number of hydrogen-bond acceptors (Lipinski definition) is 5. The average Bonchev–Trinajstić information content (AvgIpc) is 2.34. The molecular weight excluding hydrogens is 264 g/mol. The Balaban J connectivity index is 2.36. The highest BCUT2D eigenvalue weighted by molar-refractivity contribution is 5.94. The van der Waals surface area contributed by atoms with Gasteiger partial charge < -0.3 is 15.2 Å². The van der Waals surface area contributed by atoms with Gasteiger partial charge in [-0.2, -0.15) is 0 Å². The molecule has 0 fully saturated rings. The van der Waals surface area contributed by atoms with E-state index in [4.69, 9.17) is 10.5 Å². The number of esters is 1. The van der Waals surface area contributed by atoms with Gasteiger partial charge in [-0.3, -0.25) is 10.1 Å². The third-order valence-electron chi connectivity index (χ3n) is 2.30. The van der Waals surface area contributed by atoms with Crippen LogP contribution in [0.25, 0.3) is 0 Å². The molecule has 1 aromatic rings. The Morgan fingerprint density at radius 2 is 1.90 bits per heavy atom. The Bertz CT molecular complexity index is 527. The van der Waals surface area contributed by atoms with Crippen molar-refractivity contribution in [3.05, 3.63) is 29.3 Å². The van der Waals surface area contributed by atoms with Crippen LogP contribution in [0.2, 0.25) is 0 Å². The summed E-state index contributed by atoms with van der Waals surface area (Å²) in [7, 11) is 0. The summed E-state index contributed by atoms with van der Waals surface area (Å²) in [6.45, 7) is 2.89. The quantitative estimate of drug-likeness (QED) is 0.760. The number of nitrogens with one attached hydrogen (secondary N) is 1. The van der Waals surface area contributed by atoms with Gasteiger partial charge in [0.25, 0.3) is 5.91 Å². The van der Waals surface area contributed by atoms with Gasteiger partial charge in [-0.1, -0.05) is 17.7 Å². The second-order valence-electron chi connectivity index (χ2n) is 4.13. The van der Waals surface area contributed by atoms with Crippen LogP contribution in [0.3, 0.4) is 0 Å². The molecule has 0 bridgehead atoms. The Hall–Kier alpha value is -2.57. The van der Waals surface area contributed by atoms with E-state index in [1.807, 2.05) is 26.0 Å². The summed E-state index contributed by atoms with van der Waals surface area (Å²) in [5, 5.41) is 1.77. The van der Waals surface area contributed by atoms with Crippen molar-refractivity contribution in [3.63, 3.8) is 0 Å². The molecule has 0 aliphatic heterocycles.